The molecule has 0 fully saturated rings. The van der Waals surface area contributed by atoms with Crippen LogP contribution in [0.25, 0.3) is 11.0 Å². The SMILES string of the molecule is C=CCOCc1oc2ccccc2c1CNC. The number of nitrogens with one attached hydrogen (secondary N) is 1. The monoisotopic (exact) mass is 231 g/mol. The van der Waals surface area contributed by atoms with Crippen LogP contribution in [0.2, 0.25) is 0 Å². The zero-order valence-corrected chi connectivity index (χ0v) is 10.0. The van der Waals surface area contributed by atoms with Gasteiger partial charge < -0.3 is 14.5 Å². The number of hydrogen-bond acceptors (Lipinski definition) is 3. The molecular weight excluding hydrogens is 214 g/mol. The maximum Gasteiger partial charge on any atom is 0.135 e. The minimum atomic E-state index is 0.484. The molecule has 0 radical (unpaired) electrons. The van der Waals surface area contributed by atoms with Gasteiger partial charge in [-0.15, -0.1) is 6.58 Å². The maximum absolute atomic E-state index is 5.80. The summed E-state index contributed by atoms with van der Waals surface area (Å²) in [6, 6.07) is 8.04. The molecule has 0 bridgehead atoms. The van der Waals surface area contributed by atoms with E-state index in [1.54, 1.807) is 6.08 Å². The van der Waals surface area contributed by atoms with Crippen molar-refractivity contribution in [1.29, 1.82) is 0 Å². The Balaban J connectivity index is 2.31. The number of benzene rings is 1. The zero-order valence-electron chi connectivity index (χ0n) is 10.0. The van der Waals surface area contributed by atoms with Gasteiger partial charge in [-0.3, -0.25) is 0 Å². The van der Waals surface area contributed by atoms with Gasteiger partial charge in [-0.1, -0.05) is 24.3 Å². The standard InChI is InChI=1S/C14H17NO2/c1-3-8-16-10-14-12(9-15-2)11-6-4-5-7-13(11)17-14/h3-7,15H,1,8-10H2,2H3. The molecule has 0 aliphatic rings. The summed E-state index contributed by atoms with van der Waals surface area (Å²) in [4.78, 5) is 0. The van der Waals surface area contributed by atoms with Crippen molar-refractivity contribution in [2.75, 3.05) is 13.7 Å². The van der Waals surface area contributed by atoms with Crippen LogP contribution in [-0.2, 0) is 17.9 Å². The van der Waals surface area contributed by atoms with Crippen molar-refractivity contribution >= 4 is 11.0 Å². The second kappa shape index (κ2) is 5.66. The summed E-state index contributed by atoms with van der Waals surface area (Å²) in [5.74, 6) is 0.891. The molecule has 0 spiro atoms. The minimum absolute atomic E-state index is 0.484. The van der Waals surface area contributed by atoms with Gasteiger partial charge in [0.15, 0.2) is 0 Å². The van der Waals surface area contributed by atoms with Crippen LogP contribution in [0.3, 0.4) is 0 Å². The van der Waals surface area contributed by atoms with Crippen molar-refractivity contribution in [2.24, 2.45) is 0 Å². The van der Waals surface area contributed by atoms with E-state index in [2.05, 4.69) is 18.0 Å². The Labute approximate surface area is 101 Å². The third-order valence-electron chi connectivity index (χ3n) is 2.60. The highest BCUT2D eigenvalue weighted by molar-refractivity contribution is 5.82. The average Bonchev–Trinajstić information content (AvgIpc) is 2.69. The molecule has 0 unspecified atom stereocenters. The Morgan fingerprint density at radius 1 is 1.41 bits per heavy atom. The summed E-state index contributed by atoms with van der Waals surface area (Å²) in [7, 11) is 1.93. The van der Waals surface area contributed by atoms with Crippen molar-refractivity contribution in [2.45, 2.75) is 13.2 Å². The van der Waals surface area contributed by atoms with E-state index in [1.807, 2.05) is 25.2 Å². The molecule has 3 nitrogen and oxygen atoms in total. The Kier molecular flexibility index (Phi) is 3.96. The summed E-state index contributed by atoms with van der Waals surface area (Å²) >= 11 is 0. The zero-order chi connectivity index (χ0) is 12.1. The molecule has 2 aromatic rings. The van der Waals surface area contributed by atoms with Crippen molar-refractivity contribution in [1.82, 2.24) is 5.32 Å². The molecule has 0 amide bonds. The lowest BCUT2D eigenvalue weighted by Gasteiger charge is -2.02. The number of rotatable bonds is 6. The Hall–Kier alpha value is -1.58. The van der Waals surface area contributed by atoms with E-state index in [4.69, 9.17) is 9.15 Å². The van der Waals surface area contributed by atoms with E-state index >= 15 is 0 Å². The molecule has 0 saturated heterocycles. The fraction of sp³-hybridized carbons (Fsp3) is 0.286. The van der Waals surface area contributed by atoms with Gasteiger partial charge in [0.25, 0.3) is 0 Å². The van der Waals surface area contributed by atoms with Gasteiger partial charge in [-0.2, -0.15) is 0 Å². The second-order valence-electron chi connectivity index (χ2n) is 3.83. The predicted molar refractivity (Wildman–Crippen MR) is 68.8 cm³/mol. The first-order valence-corrected chi connectivity index (χ1v) is 5.69. The summed E-state index contributed by atoms with van der Waals surface area (Å²) in [6.07, 6.45) is 1.74. The first-order chi connectivity index (χ1) is 8.36. The van der Waals surface area contributed by atoms with Crippen molar-refractivity contribution < 1.29 is 9.15 Å². The van der Waals surface area contributed by atoms with Crippen molar-refractivity contribution in [3.63, 3.8) is 0 Å². The van der Waals surface area contributed by atoms with E-state index in [1.165, 1.54) is 5.56 Å². The molecule has 1 heterocycles. The molecule has 1 aromatic heterocycles. The van der Waals surface area contributed by atoms with Crippen molar-refractivity contribution in [3.05, 3.63) is 48.2 Å². The van der Waals surface area contributed by atoms with Crippen LogP contribution in [0, 0.1) is 0 Å². The lowest BCUT2D eigenvalue weighted by atomic mass is 10.1. The predicted octanol–water partition coefficient (Wildman–Crippen LogP) is 2.85. The fourth-order valence-electron chi connectivity index (χ4n) is 1.87. The molecule has 0 atom stereocenters. The molecule has 0 aliphatic carbocycles. The molecule has 0 saturated carbocycles. The fourth-order valence-corrected chi connectivity index (χ4v) is 1.87. The van der Waals surface area contributed by atoms with Gasteiger partial charge in [0.05, 0.1) is 6.61 Å². The van der Waals surface area contributed by atoms with Gasteiger partial charge in [0.2, 0.25) is 0 Å². The summed E-state index contributed by atoms with van der Waals surface area (Å²) in [6.45, 7) is 5.43. The molecule has 1 aromatic carbocycles. The van der Waals surface area contributed by atoms with Crippen LogP contribution in [0.15, 0.2) is 41.3 Å². The van der Waals surface area contributed by atoms with E-state index in [0.717, 1.165) is 23.3 Å². The minimum Gasteiger partial charge on any atom is -0.458 e. The molecule has 90 valence electrons. The summed E-state index contributed by atoms with van der Waals surface area (Å²) in [5, 5.41) is 4.31. The Morgan fingerprint density at radius 2 is 2.24 bits per heavy atom. The smallest absolute Gasteiger partial charge is 0.135 e. The Morgan fingerprint density at radius 3 is 3.00 bits per heavy atom. The molecule has 17 heavy (non-hydrogen) atoms. The third-order valence-corrected chi connectivity index (χ3v) is 2.60. The first kappa shape index (κ1) is 11.9. The lowest BCUT2D eigenvalue weighted by Crippen LogP contribution is -2.07. The van der Waals surface area contributed by atoms with Crippen LogP contribution in [0.1, 0.15) is 11.3 Å². The second-order valence-corrected chi connectivity index (χ2v) is 3.83. The van der Waals surface area contributed by atoms with E-state index < -0.39 is 0 Å². The highest BCUT2D eigenvalue weighted by Gasteiger charge is 2.12. The van der Waals surface area contributed by atoms with Crippen LogP contribution >= 0.6 is 0 Å². The van der Waals surface area contributed by atoms with Crippen LogP contribution < -0.4 is 5.32 Å². The summed E-state index contributed by atoms with van der Waals surface area (Å²) in [5.41, 5.74) is 2.09. The molecule has 3 heteroatoms. The largest absolute Gasteiger partial charge is 0.458 e. The Bertz CT molecular complexity index is 502. The molecule has 2 rings (SSSR count). The van der Waals surface area contributed by atoms with Gasteiger partial charge in [-0.25, -0.2) is 0 Å². The lowest BCUT2D eigenvalue weighted by molar-refractivity contribution is 0.132. The van der Waals surface area contributed by atoms with Crippen LogP contribution in [0.5, 0.6) is 0 Å². The first-order valence-electron chi connectivity index (χ1n) is 5.69. The van der Waals surface area contributed by atoms with E-state index in [-0.39, 0.29) is 0 Å². The molecule has 1 N–H and O–H groups in total. The van der Waals surface area contributed by atoms with Crippen LogP contribution in [0.4, 0.5) is 0 Å². The molecular formula is C14H17NO2. The van der Waals surface area contributed by atoms with E-state index in [9.17, 15) is 0 Å². The highest BCUT2D eigenvalue weighted by atomic mass is 16.5. The number of ether oxygens (including phenoxy) is 1. The van der Waals surface area contributed by atoms with E-state index in [0.29, 0.717) is 13.2 Å². The topological polar surface area (TPSA) is 34.4 Å². The van der Waals surface area contributed by atoms with Gasteiger partial charge in [0, 0.05) is 17.5 Å². The highest BCUT2D eigenvalue weighted by Crippen LogP contribution is 2.26. The van der Waals surface area contributed by atoms with Gasteiger partial charge in [0.1, 0.15) is 18.0 Å². The molecule has 0 aliphatic heterocycles. The van der Waals surface area contributed by atoms with Gasteiger partial charge in [-0.05, 0) is 13.1 Å². The van der Waals surface area contributed by atoms with Gasteiger partial charge >= 0.3 is 0 Å². The number of fused-ring (bicyclic) bond motifs is 1. The normalized spacial score (nSPS) is 10.9. The number of para-hydroxylation sites is 1. The van der Waals surface area contributed by atoms with Crippen molar-refractivity contribution in [3.8, 4) is 0 Å². The van der Waals surface area contributed by atoms with Crippen LogP contribution in [-0.4, -0.2) is 13.7 Å². The quantitative estimate of drug-likeness (QED) is 0.613. The maximum atomic E-state index is 5.80. The third kappa shape index (κ3) is 2.57. The summed E-state index contributed by atoms with van der Waals surface area (Å²) < 4.78 is 11.2. The number of furan rings is 1. The average molecular weight is 231 g/mol. The number of hydrogen-bond donors (Lipinski definition) is 1.